The average molecular weight is 360 g/mol. The summed E-state index contributed by atoms with van der Waals surface area (Å²) in [6.07, 6.45) is 3.82. The van der Waals surface area contributed by atoms with Crippen molar-refractivity contribution in [3.8, 4) is 5.75 Å². The van der Waals surface area contributed by atoms with E-state index in [9.17, 15) is 0 Å². The molecule has 2 N–H and O–H groups in total. The van der Waals surface area contributed by atoms with Crippen molar-refractivity contribution in [2.75, 3.05) is 51.8 Å². The van der Waals surface area contributed by atoms with Gasteiger partial charge < -0.3 is 20.3 Å². The lowest BCUT2D eigenvalue weighted by molar-refractivity contribution is 0.282. The topological polar surface area (TPSA) is 52.1 Å². The van der Waals surface area contributed by atoms with E-state index in [-0.39, 0.29) is 0 Å². The number of para-hydroxylation sites is 2. The van der Waals surface area contributed by atoms with Crippen LogP contribution >= 0.6 is 0 Å². The summed E-state index contributed by atoms with van der Waals surface area (Å²) in [4.78, 5) is 9.34. The molecule has 1 saturated carbocycles. The number of ether oxygens (including phenoxy) is 1. The van der Waals surface area contributed by atoms with Crippen LogP contribution in [0.1, 0.15) is 26.2 Å². The number of hydrogen-bond donors (Lipinski definition) is 2. The quantitative estimate of drug-likeness (QED) is 0.549. The molecule has 0 bridgehead atoms. The number of nitrogens with one attached hydrogen (secondary N) is 2. The lowest BCUT2D eigenvalue weighted by atomic mass is 10.2. The number of hydrogen-bond acceptors (Lipinski definition) is 4. The number of aliphatic imine (C=N–C) groups is 1. The van der Waals surface area contributed by atoms with Crippen molar-refractivity contribution in [2.45, 2.75) is 38.3 Å². The van der Waals surface area contributed by atoms with Gasteiger partial charge in [0.25, 0.3) is 0 Å². The summed E-state index contributed by atoms with van der Waals surface area (Å²) in [6, 6.07) is 9.46. The van der Waals surface area contributed by atoms with Crippen LogP contribution in [0.15, 0.2) is 29.3 Å². The minimum atomic E-state index is 0.400. The van der Waals surface area contributed by atoms with Crippen molar-refractivity contribution >= 4 is 11.6 Å². The predicted molar refractivity (Wildman–Crippen MR) is 108 cm³/mol. The maximum atomic E-state index is 5.50. The highest BCUT2D eigenvalue weighted by atomic mass is 16.5. The summed E-state index contributed by atoms with van der Waals surface area (Å²) in [6.45, 7) is 7.39. The van der Waals surface area contributed by atoms with E-state index >= 15 is 0 Å². The van der Waals surface area contributed by atoms with Gasteiger partial charge in [-0.25, -0.2) is 0 Å². The van der Waals surface area contributed by atoms with E-state index in [2.05, 4.69) is 44.5 Å². The van der Waals surface area contributed by atoms with Crippen molar-refractivity contribution in [3.63, 3.8) is 0 Å². The first-order chi connectivity index (χ1) is 12.7. The Bertz CT molecular complexity index is 602. The standard InChI is InChI=1S/C20H33N5O/c1-4-24(17-9-10-17)14-12-22-20(21-2)23-16-11-13-25(15-16)18-7-5-6-8-19(18)26-3/h5-8,16-17H,4,9-15H2,1-3H3,(H2,21,22,23). The molecule has 0 spiro atoms. The van der Waals surface area contributed by atoms with Crippen LogP contribution in [0.4, 0.5) is 5.69 Å². The second-order valence-electron chi connectivity index (χ2n) is 7.11. The van der Waals surface area contributed by atoms with Gasteiger partial charge in [0.05, 0.1) is 12.8 Å². The Labute approximate surface area is 157 Å². The maximum absolute atomic E-state index is 5.50. The number of anilines is 1. The average Bonchev–Trinajstić information content (AvgIpc) is 3.42. The van der Waals surface area contributed by atoms with E-state index in [4.69, 9.17) is 4.74 Å². The van der Waals surface area contributed by atoms with Gasteiger partial charge in [-0.15, -0.1) is 0 Å². The van der Waals surface area contributed by atoms with Gasteiger partial charge in [0.15, 0.2) is 5.96 Å². The summed E-state index contributed by atoms with van der Waals surface area (Å²) < 4.78 is 5.50. The Morgan fingerprint density at radius 2 is 2.12 bits per heavy atom. The number of benzene rings is 1. The lowest BCUT2D eigenvalue weighted by Crippen LogP contribution is -2.46. The summed E-state index contributed by atoms with van der Waals surface area (Å²) in [5.41, 5.74) is 1.17. The molecular formula is C20H33N5O. The predicted octanol–water partition coefficient (Wildman–Crippen LogP) is 1.92. The summed E-state index contributed by atoms with van der Waals surface area (Å²) >= 11 is 0. The first-order valence-corrected chi connectivity index (χ1v) is 9.84. The zero-order valence-corrected chi connectivity index (χ0v) is 16.4. The summed E-state index contributed by atoms with van der Waals surface area (Å²) in [5, 5.41) is 7.05. The smallest absolute Gasteiger partial charge is 0.191 e. The Morgan fingerprint density at radius 1 is 1.31 bits per heavy atom. The third-order valence-electron chi connectivity index (χ3n) is 5.34. The third-order valence-corrected chi connectivity index (χ3v) is 5.34. The molecule has 2 fully saturated rings. The molecule has 3 rings (SSSR count). The molecule has 6 nitrogen and oxygen atoms in total. The second kappa shape index (κ2) is 9.12. The molecular weight excluding hydrogens is 326 g/mol. The van der Waals surface area contributed by atoms with Crippen LogP contribution in [0, 0.1) is 0 Å². The van der Waals surface area contributed by atoms with Crippen molar-refractivity contribution < 1.29 is 4.74 Å². The molecule has 2 aliphatic rings. The number of rotatable bonds is 8. The van der Waals surface area contributed by atoms with Crippen LogP contribution < -0.4 is 20.3 Å². The van der Waals surface area contributed by atoms with Gasteiger partial charge in [-0.1, -0.05) is 19.1 Å². The third kappa shape index (κ3) is 4.81. The van der Waals surface area contributed by atoms with Crippen LogP contribution in [-0.2, 0) is 0 Å². The Morgan fingerprint density at radius 3 is 2.81 bits per heavy atom. The molecule has 1 unspecified atom stereocenters. The molecule has 1 aliphatic carbocycles. The minimum absolute atomic E-state index is 0.400. The van der Waals surface area contributed by atoms with E-state index < -0.39 is 0 Å². The first kappa shape index (κ1) is 18.8. The normalized spacial score (nSPS) is 20.5. The highest BCUT2D eigenvalue weighted by Gasteiger charge is 2.27. The van der Waals surface area contributed by atoms with Gasteiger partial charge in [-0.2, -0.15) is 0 Å². The zero-order chi connectivity index (χ0) is 18.4. The van der Waals surface area contributed by atoms with Crippen LogP contribution in [0.5, 0.6) is 5.75 Å². The molecule has 26 heavy (non-hydrogen) atoms. The van der Waals surface area contributed by atoms with Gasteiger partial charge >= 0.3 is 0 Å². The van der Waals surface area contributed by atoms with Gasteiger partial charge in [0.1, 0.15) is 5.75 Å². The Balaban J connectivity index is 1.46. The Kier molecular flexibility index (Phi) is 6.61. The molecule has 1 aromatic rings. The van der Waals surface area contributed by atoms with Gasteiger partial charge in [-0.05, 0) is 37.9 Å². The fourth-order valence-electron chi connectivity index (χ4n) is 3.73. The molecule has 0 amide bonds. The van der Waals surface area contributed by atoms with Crippen LogP contribution in [0.2, 0.25) is 0 Å². The van der Waals surface area contributed by atoms with Gasteiger partial charge in [0, 0.05) is 45.3 Å². The largest absolute Gasteiger partial charge is 0.495 e. The number of methoxy groups -OCH3 is 1. The van der Waals surface area contributed by atoms with Gasteiger partial charge in [0.2, 0.25) is 0 Å². The van der Waals surface area contributed by atoms with E-state index in [0.29, 0.717) is 6.04 Å². The van der Waals surface area contributed by atoms with Crippen LogP contribution in [0.25, 0.3) is 0 Å². The van der Waals surface area contributed by atoms with Crippen LogP contribution in [-0.4, -0.2) is 69.8 Å². The molecule has 1 aromatic carbocycles. The second-order valence-corrected chi connectivity index (χ2v) is 7.11. The maximum Gasteiger partial charge on any atom is 0.191 e. The fourth-order valence-corrected chi connectivity index (χ4v) is 3.73. The highest BCUT2D eigenvalue weighted by Crippen LogP contribution is 2.30. The zero-order valence-electron chi connectivity index (χ0n) is 16.4. The Hall–Kier alpha value is -1.95. The summed E-state index contributed by atoms with van der Waals surface area (Å²) in [5.74, 6) is 1.85. The molecule has 1 heterocycles. The number of nitrogens with zero attached hydrogens (tertiary/aromatic N) is 3. The van der Waals surface area contributed by atoms with Crippen molar-refractivity contribution in [2.24, 2.45) is 4.99 Å². The van der Waals surface area contributed by atoms with Crippen molar-refractivity contribution in [1.29, 1.82) is 0 Å². The lowest BCUT2D eigenvalue weighted by Gasteiger charge is -2.23. The molecule has 0 aromatic heterocycles. The molecule has 0 radical (unpaired) electrons. The molecule has 1 saturated heterocycles. The van der Waals surface area contributed by atoms with Gasteiger partial charge in [-0.3, -0.25) is 9.89 Å². The summed E-state index contributed by atoms with van der Waals surface area (Å²) in [7, 11) is 3.58. The number of guanidine groups is 1. The number of likely N-dealkylation sites (N-methyl/N-ethyl adjacent to an activating group) is 1. The van der Waals surface area contributed by atoms with Crippen molar-refractivity contribution in [3.05, 3.63) is 24.3 Å². The van der Waals surface area contributed by atoms with E-state index in [1.165, 1.54) is 18.5 Å². The molecule has 144 valence electrons. The molecule has 1 atom stereocenters. The fraction of sp³-hybridized carbons (Fsp3) is 0.650. The first-order valence-electron chi connectivity index (χ1n) is 9.84. The SMILES string of the molecule is CCN(CCNC(=NC)NC1CCN(c2ccccc2OC)C1)C1CC1. The molecule has 6 heteroatoms. The van der Waals surface area contributed by atoms with Crippen LogP contribution in [0.3, 0.4) is 0 Å². The molecule has 1 aliphatic heterocycles. The van der Waals surface area contributed by atoms with E-state index in [1.807, 2.05) is 19.2 Å². The minimum Gasteiger partial charge on any atom is -0.495 e. The van der Waals surface area contributed by atoms with E-state index in [0.717, 1.165) is 56.9 Å². The van der Waals surface area contributed by atoms with Crippen molar-refractivity contribution in [1.82, 2.24) is 15.5 Å². The van der Waals surface area contributed by atoms with E-state index in [1.54, 1.807) is 7.11 Å². The highest BCUT2D eigenvalue weighted by molar-refractivity contribution is 5.80. The monoisotopic (exact) mass is 359 g/mol.